The second kappa shape index (κ2) is 9.76. The van der Waals surface area contributed by atoms with Crippen LogP contribution in [0.1, 0.15) is 37.3 Å². The average molecular weight is 367 g/mol. The molecule has 0 spiro atoms. The molecule has 0 bridgehead atoms. The molecule has 3 amide bonds. The molecule has 0 saturated heterocycles. The standard InChI is InChI=1S/C22H29N3O2/c1-17(2)19-11-8-12-20(15-19)25(4)21(26)13-14-23-22(27)24(3)16-18-9-6-5-7-10-18/h5-12,15,17H,13-14,16H2,1-4H3,(H,23,27). The van der Waals surface area contributed by atoms with Gasteiger partial charge in [0.15, 0.2) is 0 Å². The van der Waals surface area contributed by atoms with Crippen LogP contribution < -0.4 is 10.2 Å². The number of nitrogens with one attached hydrogen (secondary N) is 1. The summed E-state index contributed by atoms with van der Waals surface area (Å²) in [6, 6.07) is 17.6. The van der Waals surface area contributed by atoms with Crippen LogP contribution in [-0.2, 0) is 11.3 Å². The summed E-state index contributed by atoms with van der Waals surface area (Å²) in [4.78, 5) is 27.9. The molecule has 0 aliphatic carbocycles. The van der Waals surface area contributed by atoms with Gasteiger partial charge in [0.1, 0.15) is 0 Å². The highest BCUT2D eigenvalue weighted by molar-refractivity contribution is 5.93. The summed E-state index contributed by atoms with van der Waals surface area (Å²) in [7, 11) is 3.51. The van der Waals surface area contributed by atoms with Crippen LogP contribution >= 0.6 is 0 Å². The van der Waals surface area contributed by atoms with Crippen molar-refractivity contribution in [1.82, 2.24) is 10.2 Å². The third kappa shape index (κ3) is 6.13. The third-order valence-electron chi connectivity index (χ3n) is 4.52. The predicted octanol–water partition coefficient (Wildman–Crippen LogP) is 4.00. The molecule has 144 valence electrons. The zero-order chi connectivity index (χ0) is 19.8. The molecule has 0 fully saturated rings. The van der Waals surface area contributed by atoms with Gasteiger partial charge in [-0.25, -0.2) is 4.79 Å². The van der Waals surface area contributed by atoms with Gasteiger partial charge in [-0.1, -0.05) is 56.3 Å². The third-order valence-corrected chi connectivity index (χ3v) is 4.52. The van der Waals surface area contributed by atoms with E-state index in [0.717, 1.165) is 11.3 Å². The van der Waals surface area contributed by atoms with Crippen LogP contribution in [0.2, 0.25) is 0 Å². The molecule has 0 heterocycles. The van der Waals surface area contributed by atoms with Crippen LogP contribution in [0.5, 0.6) is 0 Å². The lowest BCUT2D eigenvalue weighted by atomic mass is 10.0. The van der Waals surface area contributed by atoms with Crippen LogP contribution in [0.25, 0.3) is 0 Å². The van der Waals surface area contributed by atoms with Crippen LogP contribution in [0.15, 0.2) is 54.6 Å². The van der Waals surface area contributed by atoms with Crippen molar-refractivity contribution in [2.75, 3.05) is 25.5 Å². The summed E-state index contributed by atoms with van der Waals surface area (Å²) in [5, 5.41) is 2.81. The fraction of sp³-hybridized carbons (Fsp3) is 0.364. The molecule has 0 aromatic heterocycles. The fourth-order valence-corrected chi connectivity index (χ4v) is 2.74. The molecule has 2 rings (SSSR count). The first-order chi connectivity index (χ1) is 12.9. The van der Waals surface area contributed by atoms with Gasteiger partial charge in [-0.05, 0) is 29.2 Å². The molecular formula is C22H29N3O2. The van der Waals surface area contributed by atoms with Crippen LogP contribution in [0, 0.1) is 0 Å². The monoisotopic (exact) mass is 367 g/mol. The van der Waals surface area contributed by atoms with Crippen molar-refractivity contribution in [2.24, 2.45) is 0 Å². The maximum absolute atomic E-state index is 12.4. The van der Waals surface area contributed by atoms with Crippen LogP contribution in [0.3, 0.4) is 0 Å². The first kappa shape index (κ1) is 20.5. The minimum absolute atomic E-state index is 0.0260. The van der Waals surface area contributed by atoms with Crippen molar-refractivity contribution in [3.8, 4) is 0 Å². The summed E-state index contributed by atoms with van der Waals surface area (Å²) in [5.41, 5.74) is 3.14. The van der Waals surface area contributed by atoms with Crippen molar-refractivity contribution in [2.45, 2.75) is 32.7 Å². The number of rotatable bonds is 7. The van der Waals surface area contributed by atoms with Gasteiger partial charge in [-0.2, -0.15) is 0 Å². The summed E-state index contributed by atoms with van der Waals surface area (Å²) in [5.74, 6) is 0.384. The van der Waals surface area contributed by atoms with E-state index < -0.39 is 0 Å². The van der Waals surface area contributed by atoms with Gasteiger partial charge in [-0.15, -0.1) is 0 Å². The Kier molecular flexibility index (Phi) is 7.41. The quantitative estimate of drug-likeness (QED) is 0.804. The molecule has 0 aliphatic rings. The van der Waals surface area contributed by atoms with Crippen molar-refractivity contribution in [3.63, 3.8) is 0 Å². The number of urea groups is 1. The maximum Gasteiger partial charge on any atom is 0.317 e. The molecule has 1 N–H and O–H groups in total. The lowest BCUT2D eigenvalue weighted by Crippen LogP contribution is -2.39. The van der Waals surface area contributed by atoms with E-state index in [1.807, 2.05) is 48.5 Å². The fourth-order valence-electron chi connectivity index (χ4n) is 2.74. The first-order valence-electron chi connectivity index (χ1n) is 9.28. The summed E-state index contributed by atoms with van der Waals surface area (Å²) in [6.07, 6.45) is 0.257. The van der Waals surface area contributed by atoms with Crippen molar-refractivity contribution in [1.29, 1.82) is 0 Å². The van der Waals surface area contributed by atoms with E-state index in [1.54, 1.807) is 23.9 Å². The number of carbonyl (C=O) groups excluding carboxylic acids is 2. The van der Waals surface area contributed by atoms with E-state index >= 15 is 0 Å². The zero-order valence-electron chi connectivity index (χ0n) is 16.6. The van der Waals surface area contributed by atoms with E-state index in [2.05, 4.69) is 25.2 Å². The van der Waals surface area contributed by atoms with E-state index in [0.29, 0.717) is 19.0 Å². The number of nitrogens with zero attached hydrogens (tertiary/aromatic N) is 2. The Morgan fingerprint density at radius 2 is 1.70 bits per heavy atom. The molecule has 5 heteroatoms. The number of amides is 3. The molecular weight excluding hydrogens is 338 g/mol. The Labute approximate surface area is 162 Å². The molecule has 27 heavy (non-hydrogen) atoms. The van der Waals surface area contributed by atoms with Crippen molar-refractivity contribution < 1.29 is 9.59 Å². The van der Waals surface area contributed by atoms with Gasteiger partial charge in [0, 0.05) is 39.3 Å². The Bertz CT molecular complexity index is 759. The van der Waals surface area contributed by atoms with Gasteiger partial charge < -0.3 is 15.1 Å². The number of hydrogen-bond donors (Lipinski definition) is 1. The van der Waals surface area contributed by atoms with Crippen LogP contribution in [-0.4, -0.2) is 37.5 Å². The van der Waals surface area contributed by atoms with Gasteiger partial charge in [-0.3, -0.25) is 4.79 Å². The molecule has 2 aromatic rings. The summed E-state index contributed by atoms with van der Waals surface area (Å²) >= 11 is 0. The Hall–Kier alpha value is -2.82. The number of carbonyl (C=O) groups is 2. The molecule has 0 atom stereocenters. The van der Waals surface area contributed by atoms with E-state index in [9.17, 15) is 9.59 Å². The number of benzene rings is 2. The second-order valence-electron chi connectivity index (χ2n) is 7.03. The highest BCUT2D eigenvalue weighted by atomic mass is 16.2. The zero-order valence-corrected chi connectivity index (χ0v) is 16.6. The van der Waals surface area contributed by atoms with E-state index in [-0.39, 0.29) is 18.4 Å². The lowest BCUT2D eigenvalue weighted by molar-refractivity contribution is -0.118. The largest absolute Gasteiger partial charge is 0.337 e. The number of hydrogen-bond acceptors (Lipinski definition) is 2. The van der Waals surface area contributed by atoms with E-state index in [4.69, 9.17) is 0 Å². The Morgan fingerprint density at radius 3 is 2.37 bits per heavy atom. The molecule has 0 saturated carbocycles. The van der Waals surface area contributed by atoms with E-state index in [1.165, 1.54) is 5.56 Å². The van der Waals surface area contributed by atoms with Gasteiger partial charge in [0.25, 0.3) is 0 Å². The lowest BCUT2D eigenvalue weighted by Gasteiger charge is -2.20. The van der Waals surface area contributed by atoms with Crippen molar-refractivity contribution in [3.05, 3.63) is 65.7 Å². The smallest absolute Gasteiger partial charge is 0.317 e. The average Bonchev–Trinajstić information content (AvgIpc) is 2.68. The van der Waals surface area contributed by atoms with Gasteiger partial charge >= 0.3 is 6.03 Å². The highest BCUT2D eigenvalue weighted by Crippen LogP contribution is 2.21. The molecule has 2 aromatic carbocycles. The summed E-state index contributed by atoms with van der Waals surface area (Å²) < 4.78 is 0. The Morgan fingerprint density at radius 1 is 1.00 bits per heavy atom. The number of anilines is 1. The van der Waals surface area contributed by atoms with Crippen LogP contribution in [0.4, 0.5) is 10.5 Å². The summed E-state index contributed by atoms with van der Waals surface area (Å²) in [6.45, 7) is 5.10. The topological polar surface area (TPSA) is 52.7 Å². The molecule has 0 aliphatic heterocycles. The minimum atomic E-state index is -0.184. The minimum Gasteiger partial charge on any atom is -0.337 e. The molecule has 5 nitrogen and oxygen atoms in total. The highest BCUT2D eigenvalue weighted by Gasteiger charge is 2.14. The normalized spacial score (nSPS) is 10.6. The first-order valence-corrected chi connectivity index (χ1v) is 9.28. The van der Waals surface area contributed by atoms with Gasteiger partial charge in [0.2, 0.25) is 5.91 Å². The predicted molar refractivity (Wildman–Crippen MR) is 110 cm³/mol. The maximum atomic E-state index is 12.4. The van der Waals surface area contributed by atoms with Gasteiger partial charge in [0.05, 0.1) is 0 Å². The molecule has 0 unspecified atom stereocenters. The van der Waals surface area contributed by atoms with Crippen molar-refractivity contribution >= 4 is 17.6 Å². The Balaban J connectivity index is 1.81. The SMILES string of the molecule is CC(C)c1cccc(N(C)C(=O)CCNC(=O)N(C)Cc2ccccc2)c1. The second-order valence-corrected chi connectivity index (χ2v) is 7.03. The molecule has 0 radical (unpaired) electrons.